The Morgan fingerprint density at radius 2 is 1.92 bits per heavy atom. The number of aryl methyl sites for hydroxylation is 3. The molecule has 0 unspecified atom stereocenters. The van der Waals surface area contributed by atoms with E-state index in [-0.39, 0.29) is 5.91 Å². The van der Waals surface area contributed by atoms with Crippen LogP contribution in [0.1, 0.15) is 58.6 Å². The first-order chi connectivity index (χ1) is 11.5. The normalized spacial score (nSPS) is 15.3. The fraction of sp³-hybridized carbons (Fsp3) is 0.474. The van der Waals surface area contributed by atoms with Gasteiger partial charge in [-0.25, -0.2) is 4.98 Å². The van der Waals surface area contributed by atoms with Crippen LogP contribution in [0.4, 0.5) is 10.8 Å². The van der Waals surface area contributed by atoms with Crippen molar-refractivity contribution in [3.05, 3.63) is 39.9 Å². The molecule has 1 aromatic carbocycles. The lowest BCUT2D eigenvalue weighted by atomic mass is 9.95. The van der Waals surface area contributed by atoms with Crippen LogP contribution in [0, 0.1) is 20.8 Å². The van der Waals surface area contributed by atoms with Crippen LogP contribution in [0.2, 0.25) is 0 Å². The molecule has 1 fully saturated rings. The lowest BCUT2D eigenvalue weighted by molar-refractivity contribution is 0.0931. The SMILES string of the molecule is Cc1ccc(Nc2nc(C)c(C(=O)NC3CCCCC3)s2)c(C)c1. The average molecular weight is 343 g/mol. The summed E-state index contributed by atoms with van der Waals surface area (Å²) in [5.41, 5.74) is 4.24. The minimum absolute atomic E-state index is 0.0191. The Hall–Kier alpha value is -1.88. The molecule has 1 amide bonds. The van der Waals surface area contributed by atoms with Crippen LogP contribution in [0.5, 0.6) is 0 Å². The molecule has 4 nitrogen and oxygen atoms in total. The Morgan fingerprint density at radius 1 is 1.17 bits per heavy atom. The molecule has 1 aliphatic rings. The molecule has 1 saturated carbocycles. The largest absolute Gasteiger partial charge is 0.349 e. The molecule has 0 saturated heterocycles. The van der Waals surface area contributed by atoms with Gasteiger partial charge in [0.25, 0.3) is 5.91 Å². The highest BCUT2D eigenvalue weighted by molar-refractivity contribution is 7.17. The first-order valence-electron chi connectivity index (χ1n) is 8.65. The van der Waals surface area contributed by atoms with Crippen molar-refractivity contribution in [1.82, 2.24) is 10.3 Å². The second-order valence-electron chi connectivity index (χ2n) is 6.69. The van der Waals surface area contributed by atoms with Crippen LogP contribution in [0.15, 0.2) is 18.2 Å². The van der Waals surface area contributed by atoms with Gasteiger partial charge in [-0.3, -0.25) is 4.79 Å². The van der Waals surface area contributed by atoms with E-state index >= 15 is 0 Å². The van der Waals surface area contributed by atoms with Gasteiger partial charge in [-0.05, 0) is 45.2 Å². The summed E-state index contributed by atoms with van der Waals surface area (Å²) in [6, 6.07) is 6.60. The van der Waals surface area contributed by atoms with Crippen molar-refractivity contribution in [3.63, 3.8) is 0 Å². The maximum atomic E-state index is 12.5. The molecule has 0 radical (unpaired) electrons. The van der Waals surface area contributed by atoms with E-state index < -0.39 is 0 Å². The van der Waals surface area contributed by atoms with Gasteiger partial charge >= 0.3 is 0 Å². The topological polar surface area (TPSA) is 54.0 Å². The van der Waals surface area contributed by atoms with E-state index in [2.05, 4.69) is 47.7 Å². The predicted octanol–water partition coefficient (Wildman–Crippen LogP) is 4.87. The zero-order valence-corrected chi connectivity index (χ0v) is 15.4. The molecule has 24 heavy (non-hydrogen) atoms. The van der Waals surface area contributed by atoms with Crippen molar-refractivity contribution in [2.45, 2.75) is 58.9 Å². The van der Waals surface area contributed by atoms with E-state index in [9.17, 15) is 4.79 Å². The average Bonchev–Trinajstić information content (AvgIpc) is 2.92. The molecule has 0 bridgehead atoms. The summed E-state index contributed by atoms with van der Waals surface area (Å²) >= 11 is 1.43. The van der Waals surface area contributed by atoms with E-state index in [0.717, 1.165) is 29.4 Å². The van der Waals surface area contributed by atoms with Crippen LogP contribution in [-0.4, -0.2) is 16.9 Å². The Morgan fingerprint density at radius 3 is 2.62 bits per heavy atom. The van der Waals surface area contributed by atoms with E-state index in [1.165, 1.54) is 41.7 Å². The fourth-order valence-electron chi connectivity index (χ4n) is 3.23. The summed E-state index contributed by atoms with van der Waals surface area (Å²) in [5.74, 6) is 0.0191. The molecule has 128 valence electrons. The van der Waals surface area contributed by atoms with Gasteiger partial charge in [0.05, 0.1) is 5.69 Å². The summed E-state index contributed by atoms with van der Waals surface area (Å²) in [5, 5.41) is 7.29. The summed E-state index contributed by atoms with van der Waals surface area (Å²) in [4.78, 5) is 17.8. The van der Waals surface area contributed by atoms with Crippen LogP contribution in [0.25, 0.3) is 0 Å². The molecule has 2 aromatic rings. The lowest BCUT2D eigenvalue weighted by Gasteiger charge is -2.22. The van der Waals surface area contributed by atoms with E-state index in [1.54, 1.807) is 0 Å². The summed E-state index contributed by atoms with van der Waals surface area (Å²) in [7, 11) is 0. The van der Waals surface area contributed by atoms with Gasteiger partial charge < -0.3 is 10.6 Å². The Bertz CT molecular complexity index is 732. The zero-order valence-electron chi connectivity index (χ0n) is 14.6. The standard InChI is InChI=1S/C19H25N3OS/c1-12-9-10-16(13(2)11-12)22-19-20-14(3)17(24-19)18(23)21-15-7-5-4-6-8-15/h9-11,15H,4-8H2,1-3H3,(H,20,22)(H,21,23). The number of anilines is 2. The van der Waals surface area contributed by atoms with Crippen LogP contribution < -0.4 is 10.6 Å². The van der Waals surface area contributed by atoms with Crippen molar-refractivity contribution in [2.24, 2.45) is 0 Å². The van der Waals surface area contributed by atoms with Gasteiger partial charge in [-0.1, -0.05) is 48.3 Å². The third-order valence-corrected chi connectivity index (χ3v) is 5.64. The van der Waals surface area contributed by atoms with Crippen molar-refractivity contribution in [3.8, 4) is 0 Å². The smallest absolute Gasteiger partial charge is 0.263 e. The van der Waals surface area contributed by atoms with Gasteiger partial charge in [0, 0.05) is 11.7 Å². The highest BCUT2D eigenvalue weighted by Gasteiger charge is 2.20. The summed E-state index contributed by atoms with van der Waals surface area (Å²) in [6.07, 6.45) is 5.91. The number of nitrogens with zero attached hydrogens (tertiary/aromatic N) is 1. The molecule has 2 N–H and O–H groups in total. The van der Waals surface area contributed by atoms with Crippen LogP contribution in [-0.2, 0) is 0 Å². The minimum atomic E-state index is 0.0191. The number of carbonyl (C=O) groups is 1. The van der Waals surface area contributed by atoms with Crippen molar-refractivity contribution in [1.29, 1.82) is 0 Å². The van der Waals surface area contributed by atoms with Gasteiger partial charge in [0.2, 0.25) is 0 Å². The maximum Gasteiger partial charge on any atom is 0.263 e. The molecule has 0 atom stereocenters. The van der Waals surface area contributed by atoms with Gasteiger partial charge in [0.1, 0.15) is 4.88 Å². The first-order valence-corrected chi connectivity index (χ1v) is 9.47. The number of amides is 1. The van der Waals surface area contributed by atoms with Gasteiger partial charge in [-0.15, -0.1) is 0 Å². The minimum Gasteiger partial charge on any atom is -0.349 e. The third kappa shape index (κ3) is 3.96. The molecule has 0 spiro atoms. The van der Waals surface area contributed by atoms with Crippen molar-refractivity contribution in [2.75, 3.05) is 5.32 Å². The number of nitrogens with one attached hydrogen (secondary N) is 2. The molecule has 1 heterocycles. The quantitative estimate of drug-likeness (QED) is 0.832. The van der Waals surface area contributed by atoms with Crippen LogP contribution in [0.3, 0.4) is 0 Å². The third-order valence-electron chi connectivity index (χ3n) is 4.57. The summed E-state index contributed by atoms with van der Waals surface area (Å²) in [6.45, 7) is 6.06. The van der Waals surface area contributed by atoms with Gasteiger partial charge in [-0.2, -0.15) is 0 Å². The zero-order chi connectivity index (χ0) is 17.1. The fourth-order valence-corrected chi connectivity index (χ4v) is 4.11. The number of hydrogen-bond acceptors (Lipinski definition) is 4. The Balaban J connectivity index is 1.71. The Kier molecular flexibility index (Phi) is 5.19. The molecule has 3 rings (SSSR count). The number of rotatable bonds is 4. The molecule has 5 heteroatoms. The molecular weight excluding hydrogens is 318 g/mol. The van der Waals surface area contributed by atoms with E-state index in [1.807, 2.05) is 6.92 Å². The summed E-state index contributed by atoms with van der Waals surface area (Å²) < 4.78 is 0. The number of thiazole rings is 1. The highest BCUT2D eigenvalue weighted by Crippen LogP contribution is 2.28. The number of hydrogen-bond donors (Lipinski definition) is 2. The maximum absolute atomic E-state index is 12.5. The first kappa shape index (κ1) is 17.0. The van der Waals surface area contributed by atoms with Crippen molar-refractivity contribution < 1.29 is 4.79 Å². The second kappa shape index (κ2) is 7.34. The molecule has 1 aliphatic carbocycles. The Labute approximate surface area is 147 Å². The molecular formula is C19H25N3OS. The van der Waals surface area contributed by atoms with Gasteiger partial charge in [0.15, 0.2) is 5.13 Å². The number of aromatic nitrogens is 1. The molecule has 1 aromatic heterocycles. The highest BCUT2D eigenvalue weighted by atomic mass is 32.1. The predicted molar refractivity (Wildman–Crippen MR) is 100 cm³/mol. The monoisotopic (exact) mass is 343 g/mol. The lowest BCUT2D eigenvalue weighted by Crippen LogP contribution is -2.36. The number of benzene rings is 1. The van der Waals surface area contributed by atoms with E-state index in [0.29, 0.717) is 10.9 Å². The van der Waals surface area contributed by atoms with E-state index in [4.69, 9.17) is 0 Å². The second-order valence-corrected chi connectivity index (χ2v) is 7.68. The van der Waals surface area contributed by atoms with Crippen molar-refractivity contribution >= 4 is 28.1 Å². The number of carbonyl (C=O) groups excluding carboxylic acids is 1. The van der Waals surface area contributed by atoms with Crippen LogP contribution >= 0.6 is 11.3 Å². The molecule has 0 aliphatic heterocycles.